The molecule has 0 atom stereocenters. The van der Waals surface area contributed by atoms with Gasteiger partial charge in [-0.05, 0) is 54.9 Å². The predicted octanol–water partition coefficient (Wildman–Crippen LogP) is 3.91. The Kier molecular flexibility index (Phi) is 5.93. The van der Waals surface area contributed by atoms with Gasteiger partial charge in [-0.15, -0.1) is 0 Å². The van der Waals surface area contributed by atoms with Gasteiger partial charge in [-0.25, -0.2) is 9.79 Å². The van der Waals surface area contributed by atoms with Crippen molar-refractivity contribution < 1.29 is 24.2 Å². The molecular weight excluding hydrogens is 392 g/mol. The average molecular weight is 412 g/mol. The maximum atomic E-state index is 12.4. The Morgan fingerprint density at radius 1 is 1.17 bits per heavy atom. The molecule has 150 valence electrons. The molecule has 0 aromatic heterocycles. The summed E-state index contributed by atoms with van der Waals surface area (Å²) in [6, 6.07) is 9.03. The molecule has 0 radical (unpaired) electrons. The third-order valence-electron chi connectivity index (χ3n) is 4.30. The van der Waals surface area contributed by atoms with Gasteiger partial charge in [-0.2, -0.15) is 0 Å². The number of hydrogen-bond acceptors (Lipinski definition) is 6. The van der Waals surface area contributed by atoms with Crippen LogP contribution in [0, 0.1) is 13.8 Å². The van der Waals surface area contributed by atoms with Crippen LogP contribution < -0.4 is 14.8 Å². The summed E-state index contributed by atoms with van der Waals surface area (Å²) in [4.78, 5) is 29.0. The summed E-state index contributed by atoms with van der Waals surface area (Å²) < 4.78 is 10.4. The number of carbonyl (C=O) groups is 2. The second-order valence-corrected chi connectivity index (χ2v) is 7.37. The Bertz CT molecular complexity index is 1060. The quantitative estimate of drug-likeness (QED) is 0.723. The summed E-state index contributed by atoms with van der Waals surface area (Å²) in [5, 5.41) is 12.8. The summed E-state index contributed by atoms with van der Waals surface area (Å²) >= 11 is 1.15. The standard InChI is InChI=1S/C21H20N2O5S/c1-11-5-7-14(12(2)9-11)22-21-23-19(24)16(29-21)10-13-6-8-15(27-3)18(28-4)17(13)20(25)26/h5-10H,1-4H3,(H,25,26)(H,22,23,24)/b16-10+. The zero-order chi connectivity index (χ0) is 21.1. The summed E-state index contributed by atoms with van der Waals surface area (Å²) in [5.41, 5.74) is 3.15. The predicted molar refractivity (Wildman–Crippen MR) is 113 cm³/mol. The van der Waals surface area contributed by atoms with Crippen LogP contribution in [0.5, 0.6) is 11.5 Å². The minimum atomic E-state index is -1.18. The minimum Gasteiger partial charge on any atom is -0.493 e. The highest BCUT2D eigenvalue weighted by molar-refractivity contribution is 8.18. The van der Waals surface area contributed by atoms with Crippen LogP contribution in [0.15, 0.2) is 40.2 Å². The number of ether oxygens (including phenoxy) is 2. The summed E-state index contributed by atoms with van der Waals surface area (Å²) in [6.07, 6.45) is 1.51. The van der Waals surface area contributed by atoms with Crippen molar-refractivity contribution in [1.82, 2.24) is 5.32 Å². The van der Waals surface area contributed by atoms with Gasteiger partial charge in [0, 0.05) is 0 Å². The van der Waals surface area contributed by atoms with Gasteiger partial charge in [-0.1, -0.05) is 23.8 Å². The fraction of sp³-hybridized carbons (Fsp3) is 0.190. The van der Waals surface area contributed by atoms with E-state index in [0.717, 1.165) is 28.6 Å². The number of thioether (sulfide) groups is 1. The molecule has 2 aromatic carbocycles. The van der Waals surface area contributed by atoms with Crippen LogP contribution in [0.3, 0.4) is 0 Å². The molecular formula is C21H20N2O5S. The van der Waals surface area contributed by atoms with Crippen LogP contribution in [0.2, 0.25) is 0 Å². The van der Waals surface area contributed by atoms with E-state index in [1.807, 2.05) is 32.0 Å². The molecule has 0 spiro atoms. The lowest BCUT2D eigenvalue weighted by molar-refractivity contribution is -0.115. The Balaban J connectivity index is 1.98. The zero-order valence-corrected chi connectivity index (χ0v) is 17.2. The number of hydrogen-bond donors (Lipinski definition) is 2. The Hall–Kier alpha value is -3.26. The van der Waals surface area contributed by atoms with Gasteiger partial charge in [0.25, 0.3) is 5.91 Å². The number of rotatable bonds is 5. The van der Waals surface area contributed by atoms with E-state index in [0.29, 0.717) is 21.4 Å². The molecule has 1 saturated heterocycles. The first kappa shape index (κ1) is 20.5. The monoisotopic (exact) mass is 412 g/mol. The average Bonchev–Trinajstić information content (AvgIpc) is 3.02. The number of carboxylic acid groups (broad SMARTS) is 1. The highest BCUT2D eigenvalue weighted by Gasteiger charge is 2.26. The number of methoxy groups -OCH3 is 2. The van der Waals surface area contributed by atoms with Crippen LogP contribution in [-0.4, -0.2) is 36.4 Å². The van der Waals surface area contributed by atoms with Crippen LogP contribution in [0.25, 0.3) is 6.08 Å². The van der Waals surface area contributed by atoms with E-state index < -0.39 is 5.97 Å². The molecule has 7 nitrogen and oxygen atoms in total. The summed E-state index contributed by atoms with van der Waals surface area (Å²) in [7, 11) is 2.80. The highest BCUT2D eigenvalue weighted by atomic mass is 32.2. The maximum absolute atomic E-state index is 12.4. The van der Waals surface area contributed by atoms with E-state index in [-0.39, 0.29) is 17.2 Å². The van der Waals surface area contributed by atoms with Crippen LogP contribution in [0.4, 0.5) is 5.69 Å². The third-order valence-corrected chi connectivity index (χ3v) is 5.21. The maximum Gasteiger partial charge on any atom is 0.340 e. The number of aliphatic imine (C=N–C) groups is 1. The molecule has 1 amide bonds. The summed E-state index contributed by atoms with van der Waals surface area (Å²) in [5.74, 6) is -1.13. The smallest absolute Gasteiger partial charge is 0.340 e. The van der Waals surface area contributed by atoms with E-state index in [2.05, 4.69) is 10.3 Å². The van der Waals surface area contributed by atoms with E-state index in [1.54, 1.807) is 12.1 Å². The third kappa shape index (κ3) is 4.27. The molecule has 1 aliphatic rings. The number of benzene rings is 2. The zero-order valence-electron chi connectivity index (χ0n) is 16.4. The molecule has 0 saturated carbocycles. The molecule has 0 bridgehead atoms. The number of amidine groups is 1. The second-order valence-electron chi connectivity index (χ2n) is 6.34. The van der Waals surface area contributed by atoms with Gasteiger partial charge < -0.3 is 19.9 Å². The Labute approximate surface area is 172 Å². The Morgan fingerprint density at radius 3 is 2.55 bits per heavy atom. The van der Waals surface area contributed by atoms with Crippen molar-refractivity contribution in [3.8, 4) is 11.5 Å². The van der Waals surface area contributed by atoms with Crippen molar-refractivity contribution in [3.05, 3.63) is 57.5 Å². The lowest BCUT2D eigenvalue weighted by Crippen LogP contribution is -2.19. The molecule has 1 aliphatic heterocycles. The van der Waals surface area contributed by atoms with Crippen molar-refractivity contribution in [1.29, 1.82) is 0 Å². The van der Waals surface area contributed by atoms with Gasteiger partial charge in [0.2, 0.25) is 0 Å². The first-order valence-electron chi connectivity index (χ1n) is 8.69. The molecule has 0 aliphatic carbocycles. The van der Waals surface area contributed by atoms with Crippen LogP contribution in [-0.2, 0) is 4.79 Å². The molecule has 2 aromatic rings. The molecule has 8 heteroatoms. The first-order chi connectivity index (χ1) is 13.8. The number of aromatic carboxylic acids is 1. The summed E-state index contributed by atoms with van der Waals surface area (Å²) in [6.45, 7) is 3.95. The van der Waals surface area contributed by atoms with E-state index in [1.165, 1.54) is 20.3 Å². The van der Waals surface area contributed by atoms with Crippen molar-refractivity contribution in [3.63, 3.8) is 0 Å². The number of amides is 1. The number of carbonyl (C=O) groups excluding carboxylic acids is 1. The van der Waals surface area contributed by atoms with Gasteiger partial charge in [0.05, 0.1) is 24.8 Å². The first-order valence-corrected chi connectivity index (χ1v) is 9.50. The SMILES string of the molecule is COc1ccc(/C=C2/SC(=Nc3ccc(C)cc3C)NC2=O)c(C(=O)O)c1OC. The normalized spacial score (nSPS) is 16.2. The van der Waals surface area contributed by atoms with E-state index >= 15 is 0 Å². The number of carboxylic acids is 1. The minimum absolute atomic E-state index is 0.0764. The molecule has 2 N–H and O–H groups in total. The van der Waals surface area contributed by atoms with Gasteiger partial charge in [0.15, 0.2) is 16.7 Å². The molecule has 29 heavy (non-hydrogen) atoms. The van der Waals surface area contributed by atoms with Gasteiger partial charge in [-0.3, -0.25) is 4.79 Å². The second kappa shape index (κ2) is 8.40. The van der Waals surface area contributed by atoms with E-state index in [4.69, 9.17) is 9.47 Å². The van der Waals surface area contributed by atoms with Crippen molar-refractivity contribution in [2.75, 3.05) is 14.2 Å². The lowest BCUT2D eigenvalue weighted by Gasteiger charge is -2.12. The molecule has 1 fully saturated rings. The number of nitrogens with zero attached hydrogens (tertiary/aromatic N) is 1. The number of nitrogens with one attached hydrogen (secondary N) is 1. The molecule has 0 unspecified atom stereocenters. The molecule has 3 rings (SSSR count). The van der Waals surface area contributed by atoms with Crippen molar-refractivity contribution in [2.24, 2.45) is 4.99 Å². The largest absolute Gasteiger partial charge is 0.493 e. The number of aryl methyl sites for hydroxylation is 2. The van der Waals surface area contributed by atoms with E-state index in [9.17, 15) is 14.7 Å². The van der Waals surface area contributed by atoms with Crippen LogP contribution >= 0.6 is 11.8 Å². The van der Waals surface area contributed by atoms with Gasteiger partial charge in [0.1, 0.15) is 5.56 Å². The fourth-order valence-corrected chi connectivity index (χ4v) is 3.77. The van der Waals surface area contributed by atoms with Gasteiger partial charge >= 0.3 is 5.97 Å². The lowest BCUT2D eigenvalue weighted by atomic mass is 10.0. The van der Waals surface area contributed by atoms with Crippen molar-refractivity contribution in [2.45, 2.75) is 13.8 Å². The molecule has 1 heterocycles. The van der Waals surface area contributed by atoms with Crippen molar-refractivity contribution >= 4 is 40.6 Å². The fourth-order valence-electron chi connectivity index (χ4n) is 2.95. The highest BCUT2D eigenvalue weighted by Crippen LogP contribution is 2.36. The van der Waals surface area contributed by atoms with Crippen LogP contribution in [0.1, 0.15) is 27.0 Å². The Morgan fingerprint density at radius 2 is 1.93 bits per heavy atom. The topological polar surface area (TPSA) is 97.2 Å².